The minimum absolute atomic E-state index is 0.554. The van der Waals surface area contributed by atoms with E-state index in [-0.39, 0.29) is 0 Å². The number of guanidine groups is 1. The van der Waals surface area contributed by atoms with Gasteiger partial charge in [-0.1, -0.05) is 12.1 Å². The Balaban J connectivity index is 1.82. The second kappa shape index (κ2) is 6.74. The smallest absolute Gasteiger partial charge is 0.191 e. The molecule has 20 heavy (non-hydrogen) atoms. The van der Waals surface area contributed by atoms with Crippen molar-refractivity contribution in [3.8, 4) is 0 Å². The number of nitrogens with zero attached hydrogens (tertiary/aromatic N) is 4. The third-order valence-electron chi connectivity index (χ3n) is 2.98. The first kappa shape index (κ1) is 14.1. The number of aliphatic imine (C=N–C) groups is 1. The highest BCUT2D eigenvalue weighted by atomic mass is 16.5. The Labute approximate surface area is 118 Å². The zero-order valence-corrected chi connectivity index (χ0v) is 12.1. The highest BCUT2D eigenvalue weighted by Gasteiger charge is 2.05. The Morgan fingerprint density at radius 3 is 2.80 bits per heavy atom. The van der Waals surface area contributed by atoms with Crippen LogP contribution in [0.3, 0.4) is 0 Å². The molecule has 0 spiro atoms. The highest BCUT2D eigenvalue weighted by Crippen LogP contribution is 2.03. The molecule has 0 atom stereocenters. The quantitative estimate of drug-likeness (QED) is 0.625. The second-order valence-electron chi connectivity index (χ2n) is 4.36. The van der Waals surface area contributed by atoms with Crippen LogP contribution in [0.15, 0.2) is 27.8 Å². The molecule has 7 nitrogen and oxygen atoms in total. The zero-order chi connectivity index (χ0) is 14.4. The molecule has 7 heteroatoms. The van der Waals surface area contributed by atoms with Gasteiger partial charge in [-0.3, -0.25) is 9.67 Å². The summed E-state index contributed by atoms with van der Waals surface area (Å²) < 4.78 is 7.03. The first-order valence-electron chi connectivity index (χ1n) is 6.58. The van der Waals surface area contributed by atoms with Gasteiger partial charge in [-0.25, -0.2) is 0 Å². The lowest BCUT2D eigenvalue weighted by Gasteiger charge is -2.10. The van der Waals surface area contributed by atoms with Gasteiger partial charge in [-0.15, -0.1) is 0 Å². The summed E-state index contributed by atoms with van der Waals surface area (Å²) in [6, 6.07) is 3.91. The van der Waals surface area contributed by atoms with E-state index in [0.717, 1.165) is 23.6 Å². The van der Waals surface area contributed by atoms with E-state index < -0.39 is 0 Å². The minimum atomic E-state index is 0.554. The van der Waals surface area contributed by atoms with Gasteiger partial charge in [0.15, 0.2) is 11.7 Å². The summed E-state index contributed by atoms with van der Waals surface area (Å²) in [5.74, 6) is 1.51. The number of rotatable bonds is 5. The van der Waals surface area contributed by atoms with Crippen molar-refractivity contribution in [3.63, 3.8) is 0 Å². The molecule has 0 bridgehead atoms. The summed E-state index contributed by atoms with van der Waals surface area (Å²) in [7, 11) is 3.64. The van der Waals surface area contributed by atoms with Gasteiger partial charge in [0.2, 0.25) is 0 Å². The molecule has 2 aromatic rings. The van der Waals surface area contributed by atoms with Crippen LogP contribution in [-0.2, 0) is 26.6 Å². The summed E-state index contributed by atoms with van der Waals surface area (Å²) in [5.41, 5.74) is 2.04. The Morgan fingerprint density at radius 1 is 1.40 bits per heavy atom. The van der Waals surface area contributed by atoms with Crippen molar-refractivity contribution in [3.05, 3.63) is 35.5 Å². The molecular weight excluding hydrogens is 256 g/mol. The maximum absolute atomic E-state index is 5.21. The van der Waals surface area contributed by atoms with Gasteiger partial charge < -0.3 is 15.2 Å². The summed E-state index contributed by atoms with van der Waals surface area (Å²) in [6.07, 6.45) is 2.64. The van der Waals surface area contributed by atoms with E-state index in [9.17, 15) is 0 Å². The molecule has 0 unspecified atom stereocenters. The van der Waals surface area contributed by atoms with E-state index in [2.05, 4.69) is 25.9 Å². The maximum Gasteiger partial charge on any atom is 0.191 e. The van der Waals surface area contributed by atoms with Crippen molar-refractivity contribution < 1.29 is 4.52 Å². The number of hydrogen-bond donors (Lipinski definition) is 2. The van der Waals surface area contributed by atoms with Crippen LogP contribution in [0.4, 0.5) is 0 Å². The molecule has 0 radical (unpaired) electrons. The van der Waals surface area contributed by atoms with E-state index in [0.29, 0.717) is 19.0 Å². The van der Waals surface area contributed by atoms with E-state index in [1.165, 1.54) is 0 Å². The monoisotopic (exact) mass is 276 g/mol. The fourth-order valence-electron chi connectivity index (χ4n) is 1.75. The van der Waals surface area contributed by atoms with Crippen molar-refractivity contribution in [2.75, 3.05) is 7.05 Å². The predicted octanol–water partition coefficient (Wildman–Crippen LogP) is 0.836. The molecule has 0 amide bonds. The normalized spacial score (nSPS) is 11.7. The molecule has 0 aliphatic carbocycles. The molecule has 108 valence electrons. The van der Waals surface area contributed by atoms with Crippen LogP contribution in [0, 0.1) is 0 Å². The maximum atomic E-state index is 5.21. The average Bonchev–Trinajstić information content (AvgIpc) is 3.08. The molecule has 0 fully saturated rings. The van der Waals surface area contributed by atoms with Gasteiger partial charge in [-0.05, 0) is 12.5 Å². The lowest BCUT2D eigenvalue weighted by molar-refractivity contribution is 0.374. The lowest BCUT2D eigenvalue weighted by atomic mass is 10.3. The summed E-state index contributed by atoms with van der Waals surface area (Å²) in [6.45, 7) is 3.26. The second-order valence-corrected chi connectivity index (χ2v) is 4.36. The first-order chi connectivity index (χ1) is 9.72. The van der Waals surface area contributed by atoms with Crippen molar-refractivity contribution >= 4 is 5.96 Å². The largest absolute Gasteiger partial charge is 0.359 e. The van der Waals surface area contributed by atoms with Crippen LogP contribution in [-0.4, -0.2) is 27.9 Å². The van der Waals surface area contributed by atoms with E-state index >= 15 is 0 Å². The molecule has 2 rings (SSSR count). The van der Waals surface area contributed by atoms with Crippen LogP contribution < -0.4 is 10.6 Å². The number of aryl methyl sites for hydroxylation is 2. The molecule has 2 aromatic heterocycles. The molecule has 2 heterocycles. The molecule has 0 aromatic carbocycles. The van der Waals surface area contributed by atoms with Crippen molar-refractivity contribution in [2.45, 2.75) is 26.4 Å². The van der Waals surface area contributed by atoms with Crippen LogP contribution in [0.25, 0.3) is 0 Å². The van der Waals surface area contributed by atoms with E-state index in [1.807, 2.05) is 30.8 Å². The van der Waals surface area contributed by atoms with E-state index in [4.69, 9.17) is 4.52 Å². The Morgan fingerprint density at radius 2 is 2.20 bits per heavy atom. The number of hydrogen-bond acceptors (Lipinski definition) is 4. The summed E-state index contributed by atoms with van der Waals surface area (Å²) in [5, 5.41) is 14.5. The van der Waals surface area contributed by atoms with Crippen LogP contribution in [0.1, 0.15) is 24.1 Å². The fraction of sp³-hybridized carbons (Fsp3) is 0.462. The van der Waals surface area contributed by atoms with E-state index in [1.54, 1.807) is 13.2 Å². The van der Waals surface area contributed by atoms with Gasteiger partial charge >= 0.3 is 0 Å². The van der Waals surface area contributed by atoms with Gasteiger partial charge in [0.1, 0.15) is 0 Å². The summed E-state index contributed by atoms with van der Waals surface area (Å²) >= 11 is 0. The third kappa shape index (κ3) is 3.59. The third-order valence-corrected chi connectivity index (χ3v) is 2.98. The first-order valence-corrected chi connectivity index (χ1v) is 6.58. The fourth-order valence-corrected chi connectivity index (χ4v) is 1.75. The Kier molecular flexibility index (Phi) is 4.75. The van der Waals surface area contributed by atoms with Gasteiger partial charge in [0.25, 0.3) is 0 Å². The summed E-state index contributed by atoms with van der Waals surface area (Å²) in [4.78, 5) is 4.16. The van der Waals surface area contributed by atoms with Crippen LogP contribution >= 0.6 is 0 Å². The molecule has 0 saturated heterocycles. The molecular formula is C13H20N6O. The molecule has 0 aliphatic heterocycles. The number of aromatic nitrogens is 3. The predicted molar refractivity (Wildman–Crippen MR) is 76.1 cm³/mol. The topological polar surface area (TPSA) is 80.3 Å². The molecule has 0 aliphatic rings. The average molecular weight is 276 g/mol. The van der Waals surface area contributed by atoms with Crippen LogP contribution in [0.2, 0.25) is 0 Å². The zero-order valence-electron chi connectivity index (χ0n) is 12.1. The molecule has 0 saturated carbocycles. The van der Waals surface area contributed by atoms with Crippen molar-refractivity contribution in [2.24, 2.45) is 12.0 Å². The Hall–Kier alpha value is -2.31. The SMILES string of the molecule is CCc1cc(CNC(=NC)NCc2ccnn2C)on1. The van der Waals surface area contributed by atoms with Crippen molar-refractivity contribution in [1.29, 1.82) is 0 Å². The standard InChI is InChI=1S/C13H20N6O/c1-4-10-7-12(20-18-10)9-16-13(14-2)15-8-11-5-6-17-19(11)3/h5-7H,4,8-9H2,1-3H3,(H2,14,15,16). The highest BCUT2D eigenvalue weighted by molar-refractivity contribution is 5.79. The van der Waals surface area contributed by atoms with Gasteiger partial charge in [0, 0.05) is 26.4 Å². The molecule has 2 N–H and O–H groups in total. The number of nitrogens with one attached hydrogen (secondary N) is 2. The van der Waals surface area contributed by atoms with Crippen LogP contribution in [0.5, 0.6) is 0 Å². The van der Waals surface area contributed by atoms with Gasteiger partial charge in [-0.2, -0.15) is 5.10 Å². The van der Waals surface area contributed by atoms with Gasteiger partial charge in [0.05, 0.1) is 24.5 Å². The lowest BCUT2D eigenvalue weighted by Crippen LogP contribution is -2.36. The van der Waals surface area contributed by atoms with Crippen molar-refractivity contribution in [1.82, 2.24) is 25.6 Å². The minimum Gasteiger partial charge on any atom is -0.359 e. The Bertz CT molecular complexity index is 571.